The van der Waals surface area contributed by atoms with Crippen LogP contribution in [0, 0.1) is 0 Å². The van der Waals surface area contributed by atoms with Crippen LogP contribution in [0.2, 0.25) is 0 Å². The monoisotopic (exact) mass is 449 g/mol. The third-order valence-electron chi connectivity index (χ3n) is 4.01. The molecule has 0 N–H and O–H groups in total. The molecular formula is C15H16BrNO4S3. The van der Waals surface area contributed by atoms with Crippen molar-refractivity contribution >= 4 is 47.1 Å². The third-order valence-corrected chi connectivity index (χ3v) is 9.70. The molecule has 1 aliphatic rings. The van der Waals surface area contributed by atoms with Crippen LogP contribution in [0.5, 0.6) is 0 Å². The molecule has 3 rings (SSSR count). The molecule has 1 unspecified atom stereocenters. The predicted octanol–water partition coefficient (Wildman–Crippen LogP) is 3.06. The van der Waals surface area contributed by atoms with E-state index in [4.69, 9.17) is 0 Å². The Hall–Kier alpha value is -0.740. The van der Waals surface area contributed by atoms with Crippen LogP contribution in [0.25, 0.3) is 0 Å². The number of hydrogen-bond donors (Lipinski definition) is 0. The second-order valence-corrected chi connectivity index (χ2v) is 11.7. The lowest BCUT2D eigenvalue weighted by atomic mass is 10.2. The van der Waals surface area contributed by atoms with Gasteiger partial charge in [0.15, 0.2) is 9.84 Å². The van der Waals surface area contributed by atoms with Crippen LogP contribution in [0.4, 0.5) is 0 Å². The Labute approximate surface area is 154 Å². The van der Waals surface area contributed by atoms with Crippen molar-refractivity contribution in [3.05, 3.63) is 51.1 Å². The number of nitrogens with zero attached hydrogens (tertiary/aromatic N) is 1. The number of hydrogen-bond acceptors (Lipinski definition) is 5. The van der Waals surface area contributed by atoms with Crippen LogP contribution in [-0.4, -0.2) is 40.0 Å². The van der Waals surface area contributed by atoms with Crippen molar-refractivity contribution < 1.29 is 16.8 Å². The maximum atomic E-state index is 12.8. The van der Waals surface area contributed by atoms with Gasteiger partial charge in [-0.25, -0.2) is 16.8 Å². The first-order valence-electron chi connectivity index (χ1n) is 7.31. The highest BCUT2D eigenvalue weighted by atomic mass is 79.9. The first-order valence-corrected chi connectivity index (χ1v) is 12.1. The van der Waals surface area contributed by atoms with E-state index < -0.39 is 25.1 Å². The van der Waals surface area contributed by atoms with E-state index in [9.17, 15) is 16.8 Å². The first kappa shape index (κ1) is 18.1. The normalized spacial score (nSPS) is 22.1. The van der Waals surface area contributed by atoms with Gasteiger partial charge < -0.3 is 0 Å². The minimum Gasteiger partial charge on any atom is -0.228 e. The third kappa shape index (κ3) is 3.60. The lowest BCUT2D eigenvalue weighted by molar-refractivity contribution is 0.428. The van der Waals surface area contributed by atoms with Gasteiger partial charge in [-0.05, 0) is 42.1 Å². The number of sulfone groups is 1. The Kier molecular flexibility index (Phi) is 5.17. The maximum absolute atomic E-state index is 12.8. The molecule has 1 fully saturated rings. The van der Waals surface area contributed by atoms with E-state index in [1.54, 1.807) is 18.2 Å². The Bertz CT molecular complexity index is 906. The number of rotatable bonds is 3. The molecule has 1 aromatic heterocycles. The lowest BCUT2D eigenvalue weighted by Gasteiger charge is -2.19. The minimum atomic E-state index is -3.69. The molecule has 0 spiro atoms. The molecule has 9 heteroatoms. The average Bonchev–Trinajstić information content (AvgIpc) is 2.99. The molecule has 24 heavy (non-hydrogen) atoms. The lowest BCUT2D eigenvalue weighted by Crippen LogP contribution is -2.33. The molecule has 0 bridgehead atoms. The number of halogens is 1. The highest BCUT2D eigenvalue weighted by Crippen LogP contribution is 2.33. The van der Waals surface area contributed by atoms with Gasteiger partial charge in [-0.1, -0.05) is 22.0 Å². The molecule has 1 saturated heterocycles. The predicted molar refractivity (Wildman–Crippen MR) is 98.4 cm³/mol. The van der Waals surface area contributed by atoms with Gasteiger partial charge in [0.05, 0.1) is 15.9 Å². The van der Waals surface area contributed by atoms with Crippen molar-refractivity contribution in [3.8, 4) is 0 Å². The van der Waals surface area contributed by atoms with Gasteiger partial charge in [-0.3, -0.25) is 0 Å². The molecule has 1 atom stereocenters. The van der Waals surface area contributed by atoms with Crippen molar-refractivity contribution in [1.29, 1.82) is 0 Å². The first-order chi connectivity index (χ1) is 11.3. The van der Waals surface area contributed by atoms with E-state index in [1.165, 1.54) is 27.8 Å². The van der Waals surface area contributed by atoms with Crippen LogP contribution in [-0.2, 0) is 19.9 Å². The van der Waals surface area contributed by atoms with Gasteiger partial charge in [0.2, 0.25) is 10.0 Å². The summed E-state index contributed by atoms with van der Waals surface area (Å²) in [5.74, 6) is -0.161. The van der Waals surface area contributed by atoms with Gasteiger partial charge in [-0.2, -0.15) is 4.31 Å². The fraction of sp³-hybridized carbons (Fsp3) is 0.333. The SMILES string of the molecule is O=S1(=O)CCN(S(=O)(=O)c2ccc(Br)cc2)CCC1c1cccs1. The van der Waals surface area contributed by atoms with E-state index >= 15 is 0 Å². The molecule has 0 saturated carbocycles. The maximum Gasteiger partial charge on any atom is 0.243 e. The zero-order valence-electron chi connectivity index (χ0n) is 12.6. The second-order valence-electron chi connectivity index (χ2n) is 5.52. The highest BCUT2D eigenvalue weighted by Gasteiger charge is 2.36. The molecular weight excluding hydrogens is 434 g/mol. The van der Waals surface area contributed by atoms with Gasteiger partial charge in [0.1, 0.15) is 0 Å². The molecule has 1 aliphatic heterocycles. The molecule has 2 aromatic rings. The van der Waals surface area contributed by atoms with E-state index in [0.717, 1.165) is 9.35 Å². The van der Waals surface area contributed by atoms with Crippen LogP contribution in [0.15, 0.2) is 51.1 Å². The highest BCUT2D eigenvalue weighted by molar-refractivity contribution is 9.10. The summed E-state index contributed by atoms with van der Waals surface area (Å²) < 4.78 is 52.7. The summed E-state index contributed by atoms with van der Waals surface area (Å²) in [5, 5.41) is 1.22. The van der Waals surface area contributed by atoms with Crippen LogP contribution < -0.4 is 0 Å². The minimum absolute atomic E-state index is 0.0113. The van der Waals surface area contributed by atoms with Crippen LogP contribution in [0.3, 0.4) is 0 Å². The molecule has 0 aliphatic carbocycles. The Morgan fingerprint density at radius 1 is 1.12 bits per heavy atom. The van der Waals surface area contributed by atoms with Crippen LogP contribution >= 0.6 is 27.3 Å². The van der Waals surface area contributed by atoms with Gasteiger partial charge >= 0.3 is 0 Å². The summed E-state index contributed by atoms with van der Waals surface area (Å²) in [4.78, 5) is 0.954. The number of benzene rings is 1. The topological polar surface area (TPSA) is 71.5 Å². The van der Waals surface area contributed by atoms with Crippen molar-refractivity contribution in [3.63, 3.8) is 0 Å². The summed E-state index contributed by atoms with van der Waals surface area (Å²) >= 11 is 4.67. The fourth-order valence-electron chi connectivity index (χ4n) is 2.71. The van der Waals surface area contributed by atoms with Crippen molar-refractivity contribution in [2.45, 2.75) is 16.6 Å². The largest absolute Gasteiger partial charge is 0.243 e. The Morgan fingerprint density at radius 3 is 2.46 bits per heavy atom. The van der Waals surface area contributed by atoms with Crippen molar-refractivity contribution in [1.82, 2.24) is 4.31 Å². The average molecular weight is 450 g/mol. The second kappa shape index (κ2) is 6.87. The number of sulfonamides is 1. The molecule has 130 valence electrons. The smallest absolute Gasteiger partial charge is 0.228 e. The summed E-state index contributed by atoms with van der Waals surface area (Å²) in [6.45, 7) is 0.183. The standard InChI is InChI=1S/C15H16BrNO4S3/c16-12-3-5-13(6-4-12)24(20,21)17-8-7-15(14-2-1-10-22-14)23(18,19)11-9-17/h1-6,10,15H,7-9,11H2. The van der Waals surface area contributed by atoms with E-state index in [-0.39, 0.29) is 30.2 Å². The summed E-state index contributed by atoms with van der Waals surface area (Å²) in [6.07, 6.45) is 0.276. The molecule has 2 heterocycles. The Balaban J connectivity index is 1.88. The van der Waals surface area contributed by atoms with Gasteiger partial charge in [0.25, 0.3) is 0 Å². The summed E-state index contributed by atoms with van der Waals surface area (Å²) in [6, 6.07) is 9.99. The Morgan fingerprint density at radius 2 is 1.83 bits per heavy atom. The summed E-state index contributed by atoms with van der Waals surface area (Å²) in [5.41, 5.74) is 0. The number of thiophene rings is 1. The van der Waals surface area contributed by atoms with Crippen LogP contribution in [0.1, 0.15) is 16.5 Å². The molecule has 0 amide bonds. The molecule has 0 radical (unpaired) electrons. The van der Waals surface area contributed by atoms with E-state index in [0.29, 0.717) is 0 Å². The molecule has 5 nitrogen and oxygen atoms in total. The molecule has 1 aromatic carbocycles. The van der Waals surface area contributed by atoms with Crippen molar-refractivity contribution in [2.75, 3.05) is 18.8 Å². The quantitative estimate of drug-likeness (QED) is 0.721. The zero-order valence-corrected chi connectivity index (χ0v) is 16.7. The van der Waals surface area contributed by atoms with Crippen molar-refractivity contribution in [2.24, 2.45) is 0 Å². The fourth-order valence-corrected chi connectivity index (χ4v) is 7.55. The van der Waals surface area contributed by atoms with Gasteiger partial charge in [0, 0.05) is 22.4 Å². The summed E-state index contributed by atoms with van der Waals surface area (Å²) in [7, 11) is -7.06. The zero-order chi connectivity index (χ0) is 17.4. The van der Waals surface area contributed by atoms with E-state index in [1.807, 2.05) is 11.4 Å². The van der Waals surface area contributed by atoms with Gasteiger partial charge in [-0.15, -0.1) is 11.3 Å². The van der Waals surface area contributed by atoms with E-state index in [2.05, 4.69) is 15.9 Å².